The number of nitrogens with zero attached hydrogens (tertiary/aromatic N) is 2. The fourth-order valence-corrected chi connectivity index (χ4v) is 4.52. The van der Waals surface area contributed by atoms with Gasteiger partial charge in [-0.15, -0.1) is 0 Å². The van der Waals surface area contributed by atoms with Crippen molar-refractivity contribution in [2.45, 2.75) is 77.2 Å². The molecular weight excluding hydrogens is 374 g/mol. The first kappa shape index (κ1) is 23.8. The van der Waals surface area contributed by atoms with Crippen LogP contribution in [0.4, 0.5) is 0 Å². The minimum Gasteiger partial charge on any atom is -0.391 e. The molecule has 166 valence electrons. The van der Waals surface area contributed by atoms with E-state index in [4.69, 9.17) is 4.74 Å². The third-order valence-electron chi connectivity index (χ3n) is 6.16. The van der Waals surface area contributed by atoms with Crippen molar-refractivity contribution in [2.24, 2.45) is 11.8 Å². The molecule has 6 atom stereocenters. The summed E-state index contributed by atoms with van der Waals surface area (Å²) in [5.74, 6) is -0.965. The molecule has 0 aromatic rings. The SMILES string of the molecule is CC(=O)[C@H](NC(=O)[C@@H]([C@H](O)[C@H](C)CC(=O)N1C2CCC1COC2)N(C)C)C(C)C. The van der Waals surface area contributed by atoms with E-state index in [1.165, 1.54) is 6.92 Å². The minimum atomic E-state index is -1.03. The number of morpholine rings is 1. The summed E-state index contributed by atoms with van der Waals surface area (Å²) in [4.78, 5) is 41.2. The van der Waals surface area contributed by atoms with Crippen LogP contribution < -0.4 is 5.32 Å². The Balaban J connectivity index is 2.03. The van der Waals surface area contributed by atoms with Crippen LogP contribution in [0.3, 0.4) is 0 Å². The van der Waals surface area contributed by atoms with Gasteiger partial charge >= 0.3 is 0 Å². The van der Waals surface area contributed by atoms with Crippen molar-refractivity contribution in [1.29, 1.82) is 0 Å². The number of aliphatic hydroxyl groups excluding tert-OH is 1. The second-order valence-electron chi connectivity index (χ2n) is 9.14. The highest BCUT2D eigenvalue weighted by atomic mass is 16.5. The zero-order valence-electron chi connectivity index (χ0n) is 18.6. The lowest BCUT2D eigenvalue weighted by Crippen LogP contribution is -2.57. The Morgan fingerprint density at radius 1 is 1.14 bits per heavy atom. The number of hydrogen-bond donors (Lipinski definition) is 2. The van der Waals surface area contributed by atoms with Crippen molar-refractivity contribution in [1.82, 2.24) is 15.1 Å². The number of fused-ring (bicyclic) bond motifs is 2. The third kappa shape index (κ3) is 5.55. The average molecular weight is 412 g/mol. The average Bonchev–Trinajstić information content (AvgIpc) is 2.87. The standard InChI is InChI=1S/C21H37N3O5/c1-12(2)18(14(4)25)22-21(28)19(23(5)6)20(27)13(3)9-17(26)24-15-7-8-16(24)11-29-10-15/h12-13,15-16,18-20,27H,7-11H2,1-6H3,(H,22,28)/t13-,15?,16?,18-,19-,20-/m1/s1. The van der Waals surface area contributed by atoms with Crippen LogP contribution in [0.15, 0.2) is 0 Å². The number of hydrogen-bond acceptors (Lipinski definition) is 6. The monoisotopic (exact) mass is 411 g/mol. The lowest BCUT2D eigenvalue weighted by molar-refractivity contribution is -0.144. The summed E-state index contributed by atoms with van der Waals surface area (Å²) < 4.78 is 5.54. The molecule has 2 aliphatic rings. The largest absolute Gasteiger partial charge is 0.391 e. The van der Waals surface area contributed by atoms with Crippen molar-refractivity contribution in [2.75, 3.05) is 27.3 Å². The van der Waals surface area contributed by atoms with Crippen molar-refractivity contribution < 1.29 is 24.2 Å². The van der Waals surface area contributed by atoms with Gasteiger partial charge in [-0.05, 0) is 45.7 Å². The number of likely N-dealkylation sites (N-methyl/N-ethyl adjacent to an activating group) is 1. The van der Waals surface area contributed by atoms with Gasteiger partial charge in [-0.25, -0.2) is 0 Å². The van der Waals surface area contributed by atoms with Gasteiger partial charge in [0.25, 0.3) is 0 Å². The van der Waals surface area contributed by atoms with Crippen LogP contribution in [-0.4, -0.2) is 90.1 Å². The first-order valence-corrected chi connectivity index (χ1v) is 10.6. The Hall–Kier alpha value is -1.51. The molecule has 2 heterocycles. The van der Waals surface area contributed by atoms with E-state index in [0.29, 0.717) is 13.2 Å². The molecule has 8 heteroatoms. The van der Waals surface area contributed by atoms with E-state index in [1.807, 2.05) is 18.7 Å². The maximum absolute atomic E-state index is 12.9. The van der Waals surface area contributed by atoms with E-state index in [-0.39, 0.29) is 36.1 Å². The third-order valence-corrected chi connectivity index (χ3v) is 6.16. The molecule has 0 spiro atoms. The van der Waals surface area contributed by atoms with Gasteiger partial charge in [0.2, 0.25) is 11.8 Å². The lowest BCUT2D eigenvalue weighted by atomic mass is 9.92. The molecule has 2 N–H and O–H groups in total. The predicted molar refractivity (Wildman–Crippen MR) is 109 cm³/mol. The Labute approximate surface area is 173 Å². The normalized spacial score (nSPS) is 25.6. The molecule has 0 radical (unpaired) electrons. The van der Waals surface area contributed by atoms with Crippen molar-refractivity contribution in [3.05, 3.63) is 0 Å². The number of carbonyl (C=O) groups is 3. The number of amides is 2. The number of nitrogens with one attached hydrogen (secondary N) is 1. The fourth-order valence-electron chi connectivity index (χ4n) is 4.52. The van der Waals surface area contributed by atoms with E-state index in [1.54, 1.807) is 25.9 Å². The number of aliphatic hydroxyl groups is 1. The molecule has 29 heavy (non-hydrogen) atoms. The van der Waals surface area contributed by atoms with Crippen molar-refractivity contribution in [3.63, 3.8) is 0 Å². The van der Waals surface area contributed by atoms with Crippen LogP contribution in [0, 0.1) is 11.8 Å². The number of ketones is 1. The highest BCUT2D eigenvalue weighted by molar-refractivity contribution is 5.90. The van der Waals surface area contributed by atoms with E-state index >= 15 is 0 Å². The molecule has 0 aromatic carbocycles. The van der Waals surface area contributed by atoms with Gasteiger partial charge in [0, 0.05) is 6.42 Å². The maximum atomic E-state index is 12.9. The molecule has 8 nitrogen and oxygen atoms in total. The number of Topliss-reactive ketones (excluding diaryl/α,β-unsaturated/α-hetero) is 1. The molecule has 2 bridgehead atoms. The summed E-state index contributed by atoms with van der Waals surface area (Å²) in [6.45, 7) is 8.12. The molecule has 2 rings (SSSR count). The quantitative estimate of drug-likeness (QED) is 0.571. The van der Waals surface area contributed by atoms with Gasteiger partial charge in [-0.3, -0.25) is 19.3 Å². The van der Waals surface area contributed by atoms with Gasteiger partial charge in [0.15, 0.2) is 5.78 Å². The Morgan fingerprint density at radius 3 is 2.14 bits per heavy atom. The van der Waals surface area contributed by atoms with Crippen LogP contribution in [0.2, 0.25) is 0 Å². The molecule has 2 amide bonds. The minimum absolute atomic E-state index is 0.00839. The molecule has 2 fully saturated rings. The van der Waals surface area contributed by atoms with E-state index in [9.17, 15) is 19.5 Å². The summed E-state index contributed by atoms with van der Waals surface area (Å²) in [5.41, 5.74) is 0. The summed E-state index contributed by atoms with van der Waals surface area (Å²) in [5, 5.41) is 13.7. The van der Waals surface area contributed by atoms with Crippen LogP contribution >= 0.6 is 0 Å². The van der Waals surface area contributed by atoms with Gasteiger partial charge < -0.3 is 20.1 Å². The predicted octanol–water partition coefficient (Wildman–Crippen LogP) is 0.423. The molecule has 0 saturated carbocycles. The van der Waals surface area contributed by atoms with Gasteiger partial charge in [-0.2, -0.15) is 0 Å². The number of carbonyl (C=O) groups excluding carboxylic acids is 3. The molecule has 2 saturated heterocycles. The molecule has 2 aliphatic heterocycles. The van der Waals surface area contributed by atoms with Crippen LogP contribution in [0.5, 0.6) is 0 Å². The Morgan fingerprint density at radius 2 is 1.69 bits per heavy atom. The zero-order chi connectivity index (χ0) is 21.9. The number of rotatable bonds is 9. The Kier molecular flexibility index (Phi) is 8.19. The number of ether oxygens (including phenoxy) is 1. The summed E-state index contributed by atoms with van der Waals surface area (Å²) in [7, 11) is 3.42. The fraction of sp³-hybridized carbons (Fsp3) is 0.857. The van der Waals surface area contributed by atoms with E-state index < -0.39 is 30.0 Å². The molecule has 2 unspecified atom stereocenters. The molecule has 0 aromatic heterocycles. The van der Waals surface area contributed by atoms with Crippen LogP contribution in [0.25, 0.3) is 0 Å². The summed E-state index contributed by atoms with van der Waals surface area (Å²) >= 11 is 0. The van der Waals surface area contributed by atoms with Crippen LogP contribution in [-0.2, 0) is 19.1 Å². The van der Waals surface area contributed by atoms with E-state index in [2.05, 4.69) is 5.32 Å². The smallest absolute Gasteiger partial charge is 0.240 e. The topological polar surface area (TPSA) is 99.2 Å². The van der Waals surface area contributed by atoms with Gasteiger partial charge in [0.1, 0.15) is 6.04 Å². The second-order valence-corrected chi connectivity index (χ2v) is 9.14. The highest BCUT2D eigenvalue weighted by Gasteiger charge is 2.42. The van der Waals surface area contributed by atoms with Gasteiger partial charge in [-0.1, -0.05) is 20.8 Å². The highest BCUT2D eigenvalue weighted by Crippen LogP contribution is 2.30. The van der Waals surface area contributed by atoms with E-state index in [0.717, 1.165) is 12.8 Å². The van der Waals surface area contributed by atoms with Crippen LogP contribution in [0.1, 0.15) is 47.0 Å². The molecular formula is C21H37N3O5. The summed E-state index contributed by atoms with van der Waals surface area (Å²) in [6, 6.07) is -1.19. The Bertz CT molecular complexity index is 593. The summed E-state index contributed by atoms with van der Waals surface area (Å²) in [6.07, 6.45) is 1.05. The lowest BCUT2D eigenvalue weighted by Gasteiger charge is -2.37. The molecule has 0 aliphatic carbocycles. The first-order chi connectivity index (χ1) is 13.5. The first-order valence-electron chi connectivity index (χ1n) is 10.6. The zero-order valence-corrected chi connectivity index (χ0v) is 18.6. The van der Waals surface area contributed by atoms with Gasteiger partial charge in [0.05, 0.1) is 37.4 Å². The maximum Gasteiger partial charge on any atom is 0.240 e. The second kappa shape index (κ2) is 10.00. The van der Waals surface area contributed by atoms with Crippen molar-refractivity contribution in [3.8, 4) is 0 Å². The van der Waals surface area contributed by atoms with Crippen molar-refractivity contribution >= 4 is 17.6 Å².